The first-order valence-electron chi connectivity index (χ1n) is 8.01. The summed E-state index contributed by atoms with van der Waals surface area (Å²) in [5.41, 5.74) is 1.72. The smallest absolute Gasteiger partial charge is 0.251 e. The van der Waals surface area contributed by atoms with Gasteiger partial charge in [0.15, 0.2) is 5.96 Å². The molecule has 0 aliphatic heterocycles. The van der Waals surface area contributed by atoms with Gasteiger partial charge in [-0.1, -0.05) is 19.1 Å². The lowest BCUT2D eigenvalue weighted by molar-refractivity contribution is 0.0953. The molecular formula is C17H29IN4O2. The first-order valence-corrected chi connectivity index (χ1v) is 8.01. The van der Waals surface area contributed by atoms with Crippen LogP contribution in [0.1, 0.15) is 35.7 Å². The van der Waals surface area contributed by atoms with Gasteiger partial charge in [-0.15, -0.1) is 24.0 Å². The molecule has 0 heterocycles. The second-order valence-electron chi connectivity index (χ2n) is 5.16. The molecule has 6 nitrogen and oxygen atoms in total. The summed E-state index contributed by atoms with van der Waals surface area (Å²) in [5, 5.41) is 9.34. The molecule has 1 aromatic carbocycles. The molecule has 1 amide bonds. The number of amides is 1. The van der Waals surface area contributed by atoms with Crippen LogP contribution in [0.2, 0.25) is 0 Å². The number of carbonyl (C=O) groups is 1. The molecule has 0 saturated carbocycles. The van der Waals surface area contributed by atoms with E-state index in [0.717, 1.165) is 37.5 Å². The van der Waals surface area contributed by atoms with Crippen molar-refractivity contribution in [3.63, 3.8) is 0 Å². The van der Waals surface area contributed by atoms with Crippen LogP contribution in [-0.2, 0) is 11.3 Å². The minimum Gasteiger partial charge on any atom is -0.385 e. The van der Waals surface area contributed by atoms with E-state index in [2.05, 4.69) is 20.9 Å². The Bertz CT molecular complexity index is 509. The van der Waals surface area contributed by atoms with Gasteiger partial charge in [0.25, 0.3) is 5.91 Å². The Labute approximate surface area is 161 Å². The van der Waals surface area contributed by atoms with Crippen molar-refractivity contribution in [2.75, 3.05) is 33.9 Å². The third-order valence-corrected chi connectivity index (χ3v) is 3.23. The number of aliphatic imine (C=N–C) groups is 1. The van der Waals surface area contributed by atoms with Gasteiger partial charge in [0.1, 0.15) is 0 Å². The zero-order valence-electron chi connectivity index (χ0n) is 14.7. The van der Waals surface area contributed by atoms with Gasteiger partial charge >= 0.3 is 0 Å². The number of benzene rings is 1. The van der Waals surface area contributed by atoms with E-state index in [4.69, 9.17) is 4.74 Å². The fraction of sp³-hybridized carbons (Fsp3) is 0.529. The molecule has 0 aliphatic rings. The van der Waals surface area contributed by atoms with Crippen LogP contribution in [0.25, 0.3) is 0 Å². The van der Waals surface area contributed by atoms with Crippen molar-refractivity contribution in [1.82, 2.24) is 16.0 Å². The van der Waals surface area contributed by atoms with Gasteiger partial charge in [-0.2, -0.15) is 0 Å². The molecule has 7 heteroatoms. The molecule has 0 fully saturated rings. The number of carbonyl (C=O) groups excluding carboxylic acids is 1. The summed E-state index contributed by atoms with van der Waals surface area (Å²) in [4.78, 5) is 16.1. The SMILES string of the molecule is CCCNC(=O)c1cccc(CNC(=NC)NCCCOC)c1.I. The Kier molecular flexibility index (Phi) is 13.2. The number of hydrogen-bond acceptors (Lipinski definition) is 3. The first kappa shape index (κ1) is 22.6. The van der Waals surface area contributed by atoms with Crippen LogP contribution in [0.4, 0.5) is 0 Å². The lowest BCUT2D eigenvalue weighted by Crippen LogP contribution is -2.37. The molecular weight excluding hydrogens is 419 g/mol. The van der Waals surface area contributed by atoms with E-state index in [1.807, 2.05) is 31.2 Å². The number of hydrogen-bond donors (Lipinski definition) is 3. The Morgan fingerprint density at radius 2 is 2.00 bits per heavy atom. The predicted molar refractivity (Wildman–Crippen MR) is 109 cm³/mol. The molecule has 0 saturated heterocycles. The zero-order chi connectivity index (χ0) is 16.9. The van der Waals surface area contributed by atoms with Crippen LogP contribution in [0, 0.1) is 0 Å². The van der Waals surface area contributed by atoms with E-state index < -0.39 is 0 Å². The van der Waals surface area contributed by atoms with Gasteiger partial charge < -0.3 is 20.7 Å². The first-order chi connectivity index (χ1) is 11.2. The largest absolute Gasteiger partial charge is 0.385 e. The highest BCUT2D eigenvalue weighted by Crippen LogP contribution is 2.05. The van der Waals surface area contributed by atoms with Gasteiger partial charge in [-0.3, -0.25) is 9.79 Å². The summed E-state index contributed by atoms with van der Waals surface area (Å²) in [5.74, 6) is 0.706. The molecule has 0 aliphatic carbocycles. The predicted octanol–water partition coefficient (Wildman–Crippen LogP) is 2.15. The lowest BCUT2D eigenvalue weighted by Gasteiger charge is -2.12. The maximum absolute atomic E-state index is 12.0. The summed E-state index contributed by atoms with van der Waals surface area (Å²) in [6.07, 6.45) is 1.85. The Morgan fingerprint density at radius 1 is 1.21 bits per heavy atom. The lowest BCUT2D eigenvalue weighted by atomic mass is 10.1. The number of guanidine groups is 1. The molecule has 3 N–H and O–H groups in total. The Balaban J connectivity index is 0.00000529. The van der Waals surface area contributed by atoms with Gasteiger partial charge in [0, 0.05) is 46.0 Å². The van der Waals surface area contributed by atoms with Gasteiger partial charge in [0.05, 0.1) is 0 Å². The van der Waals surface area contributed by atoms with Gasteiger partial charge in [0.2, 0.25) is 0 Å². The van der Waals surface area contributed by atoms with Crippen molar-refractivity contribution in [2.45, 2.75) is 26.3 Å². The average molecular weight is 448 g/mol. The topological polar surface area (TPSA) is 74.8 Å². The Morgan fingerprint density at radius 3 is 2.67 bits per heavy atom. The third-order valence-electron chi connectivity index (χ3n) is 3.23. The minimum atomic E-state index is -0.0317. The summed E-state index contributed by atoms with van der Waals surface area (Å²) in [7, 11) is 3.43. The fourth-order valence-corrected chi connectivity index (χ4v) is 1.99. The molecule has 0 bridgehead atoms. The zero-order valence-corrected chi connectivity index (χ0v) is 17.1. The summed E-state index contributed by atoms with van der Waals surface area (Å²) in [6.45, 7) is 4.86. The van der Waals surface area contributed by atoms with E-state index >= 15 is 0 Å². The molecule has 0 radical (unpaired) electrons. The maximum Gasteiger partial charge on any atom is 0.251 e. The van der Waals surface area contributed by atoms with Crippen molar-refractivity contribution < 1.29 is 9.53 Å². The number of rotatable bonds is 9. The fourth-order valence-electron chi connectivity index (χ4n) is 1.99. The molecule has 1 rings (SSSR count). The summed E-state index contributed by atoms with van der Waals surface area (Å²) < 4.78 is 5.01. The molecule has 24 heavy (non-hydrogen) atoms. The highest BCUT2D eigenvalue weighted by Gasteiger charge is 2.05. The van der Waals surface area contributed by atoms with Crippen molar-refractivity contribution in [2.24, 2.45) is 4.99 Å². The second kappa shape index (κ2) is 14.0. The number of halogens is 1. The summed E-state index contributed by atoms with van der Waals surface area (Å²) >= 11 is 0. The molecule has 0 spiro atoms. The highest BCUT2D eigenvalue weighted by molar-refractivity contribution is 14.0. The van der Waals surface area contributed by atoms with Crippen LogP contribution in [-0.4, -0.2) is 45.7 Å². The third kappa shape index (κ3) is 9.07. The monoisotopic (exact) mass is 448 g/mol. The minimum absolute atomic E-state index is 0. The van der Waals surface area contributed by atoms with Crippen LogP contribution in [0.5, 0.6) is 0 Å². The Hall–Kier alpha value is -1.35. The number of nitrogens with one attached hydrogen (secondary N) is 3. The van der Waals surface area contributed by atoms with Crippen LogP contribution >= 0.6 is 24.0 Å². The van der Waals surface area contributed by atoms with Crippen LogP contribution in [0.15, 0.2) is 29.3 Å². The number of ether oxygens (including phenoxy) is 1. The van der Waals surface area contributed by atoms with Crippen molar-refractivity contribution >= 4 is 35.8 Å². The number of methoxy groups -OCH3 is 1. The van der Waals surface area contributed by atoms with E-state index in [0.29, 0.717) is 18.7 Å². The van der Waals surface area contributed by atoms with Gasteiger partial charge in [-0.25, -0.2) is 0 Å². The molecule has 0 unspecified atom stereocenters. The van der Waals surface area contributed by atoms with Crippen molar-refractivity contribution in [3.8, 4) is 0 Å². The van der Waals surface area contributed by atoms with E-state index in [-0.39, 0.29) is 29.9 Å². The summed E-state index contributed by atoms with van der Waals surface area (Å²) in [6, 6.07) is 7.61. The molecule has 0 atom stereocenters. The maximum atomic E-state index is 12.0. The second-order valence-corrected chi connectivity index (χ2v) is 5.16. The van der Waals surface area contributed by atoms with Gasteiger partial charge in [-0.05, 0) is 30.5 Å². The standard InChI is InChI=1S/C17H28N4O2.HI/c1-4-9-19-16(22)15-8-5-7-14(12-15)13-21-17(18-2)20-10-6-11-23-3;/h5,7-8,12H,4,6,9-11,13H2,1-3H3,(H,19,22)(H2,18,20,21);1H. The quantitative estimate of drug-likeness (QED) is 0.234. The molecule has 136 valence electrons. The molecule has 1 aromatic rings. The van der Waals surface area contributed by atoms with Crippen LogP contribution in [0.3, 0.4) is 0 Å². The van der Waals surface area contributed by atoms with Crippen molar-refractivity contribution in [3.05, 3.63) is 35.4 Å². The highest BCUT2D eigenvalue weighted by atomic mass is 127. The normalized spacial score (nSPS) is 10.7. The van der Waals surface area contributed by atoms with Crippen molar-refractivity contribution in [1.29, 1.82) is 0 Å². The molecule has 0 aromatic heterocycles. The average Bonchev–Trinajstić information content (AvgIpc) is 2.59. The number of nitrogens with zero attached hydrogens (tertiary/aromatic N) is 1. The van der Waals surface area contributed by atoms with E-state index in [1.165, 1.54) is 0 Å². The van der Waals surface area contributed by atoms with E-state index in [9.17, 15) is 4.79 Å². The van der Waals surface area contributed by atoms with Crippen LogP contribution < -0.4 is 16.0 Å². The van der Waals surface area contributed by atoms with E-state index in [1.54, 1.807) is 14.2 Å².